The van der Waals surface area contributed by atoms with Gasteiger partial charge in [0.05, 0.1) is 12.3 Å². The summed E-state index contributed by atoms with van der Waals surface area (Å²) in [6, 6.07) is 7.69. The second-order valence-corrected chi connectivity index (χ2v) is 7.27. The second-order valence-electron chi connectivity index (χ2n) is 7.27. The van der Waals surface area contributed by atoms with Crippen molar-refractivity contribution in [3.63, 3.8) is 0 Å². The number of allylic oxidation sites excluding steroid dienone is 1. The topological polar surface area (TPSA) is 46.5 Å². The Morgan fingerprint density at radius 3 is 2.54 bits per heavy atom. The van der Waals surface area contributed by atoms with Crippen LogP contribution in [0, 0.1) is 17.3 Å². The number of benzene rings is 1. The fraction of sp³-hybridized carbons (Fsp3) is 0.500. The molecule has 3 rings (SSSR count). The number of carbonyl (C=O) groups is 1. The molecule has 134 valence electrons. The van der Waals surface area contributed by atoms with Gasteiger partial charge in [-0.15, -0.1) is 5.92 Å². The van der Waals surface area contributed by atoms with Crippen molar-refractivity contribution in [2.24, 2.45) is 5.41 Å². The third-order valence-corrected chi connectivity index (χ3v) is 5.46. The van der Waals surface area contributed by atoms with Crippen LogP contribution in [0.2, 0.25) is 0 Å². The molecule has 1 spiro atoms. The number of ether oxygens (including phenoxy) is 1. The number of aliphatic carboxylic acids is 1. The van der Waals surface area contributed by atoms with E-state index in [4.69, 9.17) is 9.84 Å². The van der Waals surface area contributed by atoms with E-state index >= 15 is 0 Å². The van der Waals surface area contributed by atoms with Gasteiger partial charge in [-0.3, -0.25) is 4.79 Å². The zero-order valence-corrected chi connectivity index (χ0v) is 14.9. The van der Waals surface area contributed by atoms with Crippen LogP contribution in [0.25, 0.3) is 0 Å². The molecule has 0 saturated heterocycles. The SMILES string of the molecule is CC#C[C@@H](CC(=O)O)c1ccc(OCC2=CC3(CCCC3)CC2)cc1.[NaH]. The van der Waals surface area contributed by atoms with Crippen LogP contribution >= 0.6 is 0 Å². The van der Waals surface area contributed by atoms with Crippen LogP contribution in [0.3, 0.4) is 0 Å². The summed E-state index contributed by atoms with van der Waals surface area (Å²) in [5.74, 6) is 5.52. The van der Waals surface area contributed by atoms with Crippen molar-refractivity contribution >= 4 is 35.5 Å². The molecule has 0 aliphatic heterocycles. The summed E-state index contributed by atoms with van der Waals surface area (Å²) in [5, 5.41) is 9.02. The van der Waals surface area contributed by atoms with Gasteiger partial charge in [0.1, 0.15) is 12.4 Å². The fourth-order valence-electron chi connectivity index (χ4n) is 4.15. The normalized spacial score (nSPS) is 18.4. The molecule has 26 heavy (non-hydrogen) atoms. The van der Waals surface area contributed by atoms with Crippen LogP contribution in [0.15, 0.2) is 35.9 Å². The summed E-state index contributed by atoms with van der Waals surface area (Å²) in [6.45, 7) is 2.40. The Hall–Kier alpha value is -1.21. The molecule has 1 N–H and O–H groups in total. The van der Waals surface area contributed by atoms with Crippen LogP contribution in [0.4, 0.5) is 0 Å². The molecule has 0 unspecified atom stereocenters. The third-order valence-electron chi connectivity index (χ3n) is 5.46. The number of carboxylic acids is 1. The molecule has 1 atom stereocenters. The van der Waals surface area contributed by atoms with Gasteiger partial charge in [-0.1, -0.05) is 37.0 Å². The first kappa shape index (κ1) is 21.1. The van der Waals surface area contributed by atoms with Gasteiger partial charge in [-0.05, 0) is 61.3 Å². The van der Waals surface area contributed by atoms with E-state index in [1.54, 1.807) is 6.92 Å². The van der Waals surface area contributed by atoms with Crippen LogP contribution in [0.1, 0.15) is 63.4 Å². The summed E-state index contributed by atoms with van der Waals surface area (Å²) >= 11 is 0. The zero-order valence-electron chi connectivity index (χ0n) is 14.9. The van der Waals surface area contributed by atoms with Gasteiger partial charge in [0, 0.05) is 0 Å². The predicted octanol–water partition coefficient (Wildman–Crippen LogP) is 4.28. The van der Waals surface area contributed by atoms with Crippen molar-refractivity contribution in [1.29, 1.82) is 0 Å². The predicted molar refractivity (Wildman–Crippen MR) is 106 cm³/mol. The molecule has 0 bridgehead atoms. The Kier molecular flexibility index (Phi) is 7.83. The van der Waals surface area contributed by atoms with Crippen LogP contribution in [-0.4, -0.2) is 47.2 Å². The Morgan fingerprint density at radius 2 is 1.92 bits per heavy atom. The molecule has 0 amide bonds. The molecule has 3 nitrogen and oxygen atoms in total. The van der Waals surface area contributed by atoms with E-state index in [9.17, 15) is 4.79 Å². The van der Waals surface area contributed by atoms with Crippen molar-refractivity contribution in [2.45, 2.75) is 57.8 Å². The maximum atomic E-state index is 11.0. The number of rotatable bonds is 6. The summed E-state index contributed by atoms with van der Waals surface area (Å²) < 4.78 is 5.95. The van der Waals surface area contributed by atoms with Crippen molar-refractivity contribution < 1.29 is 14.6 Å². The number of hydrogen-bond donors (Lipinski definition) is 1. The van der Waals surface area contributed by atoms with E-state index < -0.39 is 5.97 Å². The van der Waals surface area contributed by atoms with Gasteiger partial charge in [-0.2, -0.15) is 0 Å². The zero-order chi connectivity index (χ0) is 17.7. The quantitative estimate of drug-likeness (QED) is 0.467. The summed E-state index contributed by atoms with van der Waals surface area (Å²) in [5.41, 5.74) is 2.83. The first-order valence-electron chi connectivity index (χ1n) is 9.18. The molecular weight excluding hydrogens is 335 g/mol. The van der Waals surface area contributed by atoms with Crippen LogP contribution < -0.4 is 4.74 Å². The van der Waals surface area contributed by atoms with E-state index in [2.05, 4.69) is 17.9 Å². The maximum absolute atomic E-state index is 11.0. The minimum atomic E-state index is -0.831. The van der Waals surface area contributed by atoms with Crippen molar-refractivity contribution in [3.8, 4) is 17.6 Å². The molecule has 2 aliphatic rings. The van der Waals surface area contributed by atoms with Crippen molar-refractivity contribution in [2.75, 3.05) is 6.61 Å². The van der Waals surface area contributed by atoms with Gasteiger partial charge in [0.2, 0.25) is 0 Å². The van der Waals surface area contributed by atoms with Gasteiger partial charge in [0.25, 0.3) is 0 Å². The molecule has 0 radical (unpaired) electrons. The Balaban J connectivity index is 0.00000243. The Bertz CT molecular complexity index is 703. The average Bonchev–Trinajstić information content (AvgIpc) is 3.23. The first-order valence-corrected chi connectivity index (χ1v) is 9.18. The van der Waals surface area contributed by atoms with E-state index in [0.29, 0.717) is 12.0 Å². The monoisotopic (exact) mass is 362 g/mol. The fourth-order valence-corrected chi connectivity index (χ4v) is 4.15. The summed E-state index contributed by atoms with van der Waals surface area (Å²) in [4.78, 5) is 11.0. The molecule has 0 aromatic heterocycles. The number of hydrogen-bond acceptors (Lipinski definition) is 2. The first-order chi connectivity index (χ1) is 12.1. The average molecular weight is 362 g/mol. The summed E-state index contributed by atoms with van der Waals surface area (Å²) in [7, 11) is 0. The molecule has 4 heteroatoms. The van der Waals surface area contributed by atoms with Gasteiger partial charge in [0.15, 0.2) is 0 Å². The Labute approximate surface area is 178 Å². The molecule has 1 aromatic carbocycles. The van der Waals surface area contributed by atoms with Crippen LogP contribution in [-0.2, 0) is 4.79 Å². The second kappa shape index (κ2) is 9.65. The van der Waals surface area contributed by atoms with E-state index in [-0.39, 0.29) is 41.9 Å². The standard InChI is InChI=1S/C22H26O3.Na.H/c1-2-5-19(14-21(23)24)18-6-8-20(9-7-18)25-16-17-10-13-22(15-17)11-3-4-12-22;;/h6-9,15,19H,3-4,10-14,16H2,1H3,(H,23,24);;/t19-;;/m0../s1. The van der Waals surface area contributed by atoms with Gasteiger partial charge < -0.3 is 9.84 Å². The minimum absolute atomic E-state index is 0. The van der Waals surface area contributed by atoms with E-state index in [0.717, 1.165) is 17.7 Å². The van der Waals surface area contributed by atoms with Gasteiger partial charge >= 0.3 is 35.5 Å². The molecule has 0 heterocycles. The Morgan fingerprint density at radius 1 is 1.23 bits per heavy atom. The third kappa shape index (κ3) is 5.39. The molecular formula is C22H27NaO3. The molecule has 1 aromatic rings. The van der Waals surface area contributed by atoms with Crippen molar-refractivity contribution in [3.05, 3.63) is 41.5 Å². The van der Waals surface area contributed by atoms with Gasteiger partial charge in [-0.25, -0.2) is 0 Å². The summed E-state index contributed by atoms with van der Waals surface area (Å²) in [6.07, 6.45) is 10.4. The molecule has 1 saturated carbocycles. The van der Waals surface area contributed by atoms with Crippen LogP contribution in [0.5, 0.6) is 5.75 Å². The number of carboxylic acid groups (broad SMARTS) is 1. The molecule has 2 aliphatic carbocycles. The van der Waals surface area contributed by atoms with Crippen molar-refractivity contribution in [1.82, 2.24) is 0 Å². The molecule has 1 fully saturated rings. The van der Waals surface area contributed by atoms with E-state index in [1.165, 1.54) is 37.7 Å². The van der Waals surface area contributed by atoms with E-state index in [1.807, 2.05) is 24.3 Å².